The summed E-state index contributed by atoms with van der Waals surface area (Å²) in [7, 11) is 0. The second kappa shape index (κ2) is 7.29. The summed E-state index contributed by atoms with van der Waals surface area (Å²) >= 11 is 0. The molecule has 0 N–H and O–H groups in total. The third-order valence-corrected chi connectivity index (χ3v) is 3.50. The van der Waals surface area contributed by atoms with Gasteiger partial charge >= 0.3 is 12.6 Å². The van der Waals surface area contributed by atoms with E-state index in [-0.39, 0.29) is 28.8 Å². The van der Waals surface area contributed by atoms with Gasteiger partial charge in [-0.2, -0.15) is 8.78 Å². The number of esters is 1. The molecule has 0 radical (unpaired) electrons. The molecule has 1 atom stereocenters. The third kappa shape index (κ3) is 4.12. The van der Waals surface area contributed by atoms with Gasteiger partial charge in [-0.15, -0.1) is 0 Å². The standard InChI is InChI=1S/C18H15F2NO4/c1-11(9-12-5-4-8-23-12)10-14-17(22)25-16(21-14)13-6-2-3-7-15(13)24-18(19)20/h2-8,10-11,18H,9H2,1H3/b14-10+. The molecular formula is C18H15F2NO4. The molecule has 5 nitrogen and oxygen atoms in total. The number of rotatable bonds is 6. The van der Waals surface area contributed by atoms with Gasteiger partial charge in [-0.3, -0.25) is 0 Å². The molecule has 3 rings (SSSR count). The van der Waals surface area contributed by atoms with Crippen LogP contribution in [0.2, 0.25) is 0 Å². The maximum atomic E-state index is 12.5. The molecule has 0 saturated carbocycles. The van der Waals surface area contributed by atoms with Gasteiger partial charge in [-0.05, 0) is 36.3 Å². The minimum atomic E-state index is -2.98. The van der Waals surface area contributed by atoms with Crippen LogP contribution in [0.3, 0.4) is 0 Å². The molecule has 2 aromatic rings. The van der Waals surface area contributed by atoms with Crippen molar-refractivity contribution in [3.63, 3.8) is 0 Å². The van der Waals surface area contributed by atoms with E-state index in [9.17, 15) is 13.6 Å². The summed E-state index contributed by atoms with van der Waals surface area (Å²) in [5.41, 5.74) is 0.319. The number of alkyl halides is 2. The van der Waals surface area contributed by atoms with E-state index in [2.05, 4.69) is 9.73 Å². The summed E-state index contributed by atoms with van der Waals surface area (Å²) in [4.78, 5) is 16.1. The SMILES string of the molecule is CC(/C=C1/N=C(c2ccccc2OC(F)F)OC1=O)Cc1ccco1. The smallest absolute Gasteiger partial charge is 0.387 e. The summed E-state index contributed by atoms with van der Waals surface area (Å²) in [5.74, 6) is -0.0280. The van der Waals surface area contributed by atoms with E-state index in [0.717, 1.165) is 5.76 Å². The predicted octanol–water partition coefficient (Wildman–Crippen LogP) is 3.95. The Morgan fingerprint density at radius 2 is 2.04 bits per heavy atom. The second-order valence-electron chi connectivity index (χ2n) is 5.49. The van der Waals surface area contributed by atoms with Crippen LogP contribution in [0.5, 0.6) is 5.75 Å². The lowest BCUT2D eigenvalue weighted by Gasteiger charge is -2.08. The van der Waals surface area contributed by atoms with E-state index in [1.54, 1.807) is 30.5 Å². The van der Waals surface area contributed by atoms with Gasteiger partial charge in [0, 0.05) is 6.42 Å². The number of aliphatic imine (C=N–C) groups is 1. The molecule has 0 saturated heterocycles. The molecule has 7 heteroatoms. The van der Waals surface area contributed by atoms with Crippen molar-refractivity contribution < 1.29 is 27.5 Å². The van der Waals surface area contributed by atoms with Gasteiger partial charge in [0.25, 0.3) is 0 Å². The highest BCUT2D eigenvalue weighted by molar-refractivity contribution is 6.12. The first-order chi connectivity index (χ1) is 12.0. The van der Waals surface area contributed by atoms with Crippen LogP contribution in [0.4, 0.5) is 8.78 Å². The average Bonchev–Trinajstić information content (AvgIpc) is 3.18. The number of carbonyl (C=O) groups excluding carboxylic acids is 1. The molecule has 1 aliphatic rings. The Morgan fingerprint density at radius 3 is 2.76 bits per heavy atom. The van der Waals surface area contributed by atoms with Gasteiger partial charge in [-0.1, -0.05) is 19.1 Å². The zero-order valence-electron chi connectivity index (χ0n) is 13.3. The monoisotopic (exact) mass is 347 g/mol. The van der Waals surface area contributed by atoms with Gasteiger partial charge in [0.1, 0.15) is 17.2 Å². The predicted molar refractivity (Wildman–Crippen MR) is 85.4 cm³/mol. The van der Waals surface area contributed by atoms with Crippen LogP contribution in [-0.2, 0) is 16.0 Å². The summed E-state index contributed by atoms with van der Waals surface area (Å²) in [6, 6.07) is 9.65. The quantitative estimate of drug-likeness (QED) is 0.586. The van der Waals surface area contributed by atoms with E-state index in [1.807, 2.05) is 13.0 Å². The van der Waals surface area contributed by atoms with Crippen molar-refractivity contribution >= 4 is 11.9 Å². The van der Waals surface area contributed by atoms with Crippen molar-refractivity contribution in [3.05, 3.63) is 65.8 Å². The number of nitrogens with zero attached hydrogens (tertiary/aromatic N) is 1. The third-order valence-electron chi connectivity index (χ3n) is 3.50. The number of carbonyl (C=O) groups is 1. The van der Waals surface area contributed by atoms with Crippen LogP contribution in [-0.4, -0.2) is 18.5 Å². The van der Waals surface area contributed by atoms with E-state index < -0.39 is 12.6 Å². The van der Waals surface area contributed by atoms with Gasteiger partial charge in [0.2, 0.25) is 5.90 Å². The first-order valence-corrected chi connectivity index (χ1v) is 7.62. The van der Waals surface area contributed by atoms with Crippen LogP contribution in [0.25, 0.3) is 0 Å². The Labute approximate surface area is 142 Å². The molecular weight excluding hydrogens is 332 g/mol. The highest BCUT2D eigenvalue weighted by atomic mass is 19.3. The van der Waals surface area contributed by atoms with Crippen molar-refractivity contribution in [1.82, 2.24) is 0 Å². The molecule has 2 heterocycles. The number of allylic oxidation sites excluding steroid dienone is 1. The highest BCUT2D eigenvalue weighted by Crippen LogP contribution is 2.26. The molecule has 1 aliphatic heterocycles. The molecule has 0 aliphatic carbocycles. The van der Waals surface area contributed by atoms with Crippen LogP contribution in [0.1, 0.15) is 18.2 Å². The molecule has 1 aromatic carbocycles. The normalized spacial score (nSPS) is 16.9. The number of hydrogen-bond donors (Lipinski definition) is 0. The molecule has 0 spiro atoms. The van der Waals surface area contributed by atoms with E-state index in [0.29, 0.717) is 6.42 Å². The van der Waals surface area contributed by atoms with Gasteiger partial charge < -0.3 is 13.9 Å². The zero-order chi connectivity index (χ0) is 17.8. The first kappa shape index (κ1) is 16.9. The lowest BCUT2D eigenvalue weighted by atomic mass is 10.1. The average molecular weight is 347 g/mol. The van der Waals surface area contributed by atoms with E-state index >= 15 is 0 Å². The van der Waals surface area contributed by atoms with Gasteiger partial charge in [0.05, 0.1) is 11.8 Å². The largest absolute Gasteiger partial charge is 0.469 e. The fourth-order valence-corrected chi connectivity index (χ4v) is 2.46. The molecule has 1 aromatic heterocycles. The van der Waals surface area contributed by atoms with Crippen LogP contribution in [0.15, 0.2) is 63.8 Å². The number of ether oxygens (including phenoxy) is 2. The van der Waals surface area contributed by atoms with Crippen molar-refractivity contribution in [2.24, 2.45) is 10.9 Å². The lowest BCUT2D eigenvalue weighted by molar-refractivity contribution is -0.130. The zero-order valence-corrected chi connectivity index (χ0v) is 13.3. The van der Waals surface area contributed by atoms with Crippen LogP contribution >= 0.6 is 0 Å². The molecule has 130 valence electrons. The highest BCUT2D eigenvalue weighted by Gasteiger charge is 2.27. The molecule has 25 heavy (non-hydrogen) atoms. The van der Waals surface area contributed by atoms with Crippen molar-refractivity contribution in [2.75, 3.05) is 0 Å². The Kier molecular flexibility index (Phi) is 4.92. The summed E-state index contributed by atoms with van der Waals surface area (Å²) < 4.78 is 39.8. The van der Waals surface area contributed by atoms with E-state index in [4.69, 9.17) is 9.15 Å². The van der Waals surface area contributed by atoms with Crippen molar-refractivity contribution in [1.29, 1.82) is 0 Å². The van der Waals surface area contributed by atoms with Gasteiger partial charge in [-0.25, -0.2) is 9.79 Å². The first-order valence-electron chi connectivity index (χ1n) is 7.62. The number of para-hydroxylation sites is 1. The van der Waals surface area contributed by atoms with Crippen LogP contribution < -0.4 is 4.74 Å². The Morgan fingerprint density at radius 1 is 1.24 bits per heavy atom. The van der Waals surface area contributed by atoms with Crippen LogP contribution in [0, 0.1) is 5.92 Å². The lowest BCUT2D eigenvalue weighted by Crippen LogP contribution is -2.10. The Bertz CT molecular complexity index is 812. The fraction of sp³-hybridized carbons (Fsp3) is 0.222. The van der Waals surface area contributed by atoms with E-state index in [1.165, 1.54) is 12.1 Å². The minimum absolute atomic E-state index is 0.0237. The molecule has 0 fully saturated rings. The number of benzene rings is 1. The molecule has 1 unspecified atom stereocenters. The number of cyclic esters (lactones) is 1. The topological polar surface area (TPSA) is 61.0 Å². The molecule has 0 bridgehead atoms. The number of hydrogen-bond acceptors (Lipinski definition) is 5. The minimum Gasteiger partial charge on any atom is -0.469 e. The van der Waals surface area contributed by atoms with Gasteiger partial charge in [0.15, 0.2) is 0 Å². The maximum Gasteiger partial charge on any atom is 0.387 e. The number of halogens is 2. The van der Waals surface area contributed by atoms with Crippen molar-refractivity contribution in [2.45, 2.75) is 20.0 Å². The Hall–Kier alpha value is -2.96. The maximum absolute atomic E-state index is 12.5. The Balaban J connectivity index is 1.82. The summed E-state index contributed by atoms with van der Waals surface area (Å²) in [6.07, 6.45) is 3.84. The number of furan rings is 1. The fourth-order valence-electron chi connectivity index (χ4n) is 2.46. The summed E-state index contributed by atoms with van der Waals surface area (Å²) in [6.45, 7) is -1.08. The second-order valence-corrected chi connectivity index (χ2v) is 5.49. The van der Waals surface area contributed by atoms with Crippen molar-refractivity contribution in [3.8, 4) is 5.75 Å². The summed E-state index contributed by atoms with van der Waals surface area (Å²) in [5, 5.41) is 0. The molecule has 0 amide bonds.